The SMILES string of the molecule is Cc1ccc(C2(C)CN(Cc3cc(C(CC(=O)O)c4ccc5c(nnn5C)c4C)ccc3C)CCO2)cc1.O=CO. The minimum Gasteiger partial charge on any atom is -0.483 e. The summed E-state index contributed by atoms with van der Waals surface area (Å²) >= 11 is 0. The molecule has 1 saturated heterocycles. The second-order valence-corrected chi connectivity index (χ2v) is 11.0. The molecule has 2 unspecified atom stereocenters. The summed E-state index contributed by atoms with van der Waals surface area (Å²) < 4.78 is 8.03. The zero-order valence-electron chi connectivity index (χ0n) is 24.3. The lowest BCUT2D eigenvalue weighted by Crippen LogP contribution is -2.47. The molecule has 0 radical (unpaired) electrons. The second kappa shape index (κ2) is 12.6. The maximum Gasteiger partial charge on any atom is 0.304 e. The van der Waals surface area contributed by atoms with Crippen LogP contribution in [-0.4, -0.2) is 62.2 Å². The molecule has 0 aliphatic carbocycles. The van der Waals surface area contributed by atoms with E-state index >= 15 is 0 Å². The Morgan fingerprint density at radius 3 is 2.51 bits per heavy atom. The fourth-order valence-electron chi connectivity index (χ4n) is 5.69. The van der Waals surface area contributed by atoms with E-state index in [0.717, 1.165) is 47.4 Å². The van der Waals surface area contributed by atoms with Crippen molar-refractivity contribution in [3.8, 4) is 0 Å². The molecule has 3 aromatic carbocycles. The number of morpholine rings is 1. The van der Waals surface area contributed by atoms with E-state index in [1.807, 2.05) is 26.1 Å². The first-order chi connectivity index (χ1) is 19.6. The summed E-state index contributed by atoms with van der Waals surface area (Å²) in [5, 5.41) is 25.2. The van der Waals surface area contributed by atoms with Gasteiger partial charge in [-0.15, -0.1) is 5.10 Å². The van der Waals surface area contributed by atoms with Crippen molar-refractivity contribution in [3.63, 3.8) is 0 Å². The molecule has 2 atom stereocenters. The van der Waals surface area contributed by atoms with Gasteiger partial charge < -0.3 is 14.9 Å². The second-order valence-electron chi connectivity index (χ2n) is 11.0. The van der Waals surface area contributed by atoms with Crippen LogP contribution in [0.4, 0.5) is 0 Å². The van der Waals surface area contributed by atoms with Gasteiger partial charge >= 0.3 is 5.97 Å². The van der Waals surface area contributed by atoms with Crippen molar-refractivity contribution < 1.29 is 24.5 Å². The molecule has 216 valence electrons. The number of ether oxygens (including phenoxy) is 1. The van der Waals surface area contributed by atoms with Crippen LogP contribution in [-0.2, 0) is 33.5 Å². The number of carboxylic acid groups (broad SMARTS) is 2. The van der Waals surface area contributed by atoms with Crippen LogP contribution >= 0.6 is 0 Å². The van der Waals surface area contributed by atoms with Crippen molar-refractivity contribution in [1.82, 2.24) is 19.9 Å². The highest BCUT2D eigenvalue weighted by Gasteiger charge is 2.34. The number of aromatic nitrogens is 3. The Morgan fingerprint density at radius 2 is 1.83 bits per heavy atom. The molecule has 1 fully saturated rings. The van der Waals surface area contributed by atoms with Crippen LogP contribution in [0.15, 0.2) is 54.6 Å². The van der Waals surface area contributed by atoms with Gasteiger partial charge in [-0.25, -0.2) is 4.68 Å². The van der Waals surface area contributed by atoms with Gasteiger partial charge in [-0.3, -0.25) is 14.5 Å². The minimum atomic E-state index is -0.821. The van der Waals surface area contributed by atoms with E-state index in [1.54, 1.807) is 4.68 Å². The average molecular weight is 559 g/mol. The van der Waals surface area contributed by atoms with Gasteiger partial charge in [-0.2, -0.15) is 0 Å². The molecule has 0 spiro atoms. The van der Waals surface area contributed by atoms with Gasteiger partial charge in [0.05, 0.1) is 18.5 Å². The number of aliphatic carboxylic acids is 1. The molecule has 1 aromatic heterocycles. The lowest BCUT2D eigenvalue weighted by atomic mass is 9.84. The molecule has 9 nitrogen and oxygen atoms in total. The summed E-state index contributed by atoms with van der Waals surface area (Å²) in [6.45, 7) is 11.3. The molecule has 4 aromatic rings. The molecule has 0 saturated carbocycles. The standard InChI is InChI=1S/C31H36N4O3.CH2O2/c1-20-6-10-25(11-7-20)31(4)19-35(14-15-38-31)18-24-16-23(9-8-21(24)2)27(17-29(36)37)26-12-13-28-30(22(26)3)32-33-34(28)5;2-1-3/h6-13,16,27H,14-15,17-19H2,1-5H3,(H,36,37);1H,(H,2,3). The molecule has 0 amide bonds. The number of benzene rings is 3. The molecule has 5 rings (SSSR count). The Bertz CT molecular complexity index is 1530. The molecular weight excluding hydrogens is 520 g/mol. The maximum atomic E-state index is 12.0. The van der Waals surface area contributed by atoms with Crippen LogP contribution in [0.25, 0.3) is 11.0 Å². The van der Waals surface area contributed by atoms with Crippen molar-refractivity contribution in [2.24, 2.45) is 7.05 Å². The van der Waals surface area contributed by atoms with Gasteiger partial charge in [0.15, 0.2) is 0 Å². The zero-order chi connectivity index (χ0) is 29.7. The quantitative estimate of drug-likeness (QED) is 0.306. The van der Waals surface area contributed by atoms with Gasteiger partial charge in [0, 0.05) is 32.6 Å². The molecule has 2 N–H and O–H groups in total. The smallest absolute Gasteiger partial charge is 0.304 e. The monoisotopic (exact) mass is 558 g/mol. The molecular formula is C32H38N4O5. The van der Waals surface area contributed by atoms with Gasteiger partial charge in [-0.05, 0) is 67.1 Å². The molecule has 41 heavy (non-hydrogen) atoms. The van der Waals surface area contributed by atoms with Gasteiger partial charge in [0.1, 0.15) is 11.1 Å². The van der Waals surface area contributed by atoms with Crippen molar-refractivity contribution in [1.29, 1.82) is 0 Å². The average Bonchev–Trinajstić information content (AvgIpc) is 3.31. The lowest BCUT2D eigenvalue weighted by molar-refractivity contribution is -0.137. The summed E-state index contributed by atoms with van der Waals surface area (Å²) in [7, 11) is 1.87. The highest BCUT2D eigenvalue weighted by atomic mass is 16.5. The normalized spacial score (nSPS) is 18.0. The van der Waals surface area contributed by atoms with Crippen LogP contribution < -0.4 is 0 Å². The number of hydrogen-bond donors (Lipinski definition) is 2. The number of fused-ring (bicyclic) bond motifs is 1. The molecule has 1 aliphatic rings. The van der Waals surface area contributed by atoms with Crippen LogP contribution in [0.2, 0.25) is 0 Å². The summed E-state index contributed by atoms with van der Waals surface area (Å²) in [5.41, 5.74) is 9.19. The summed E-state index contributed by atoms with van der Waals surface area (Å²) in [6.07, 6.45) is 0.0121. The number of aryl methyl sites for hydroxylation is 4. The first kappa shape index (κ1) is 29.9. The first-order valence-electron chi connectivity index (χ1n) is 13.7. The fourth-order valence-corrected chi connectivity index (χ4v) is 5.69. The van der Waals surface area contributed by atoms with E-state index in [4.69, 9.17) is 14.6 Å². The zero-order valence-corrected chi connectivity index (χ0v) is 24.3. The Kier molecular flexibility index (Phi) is 9.20. The third-order valence-electron chi connectivity index (χ3n) is 8.02. The van der Waals surface area contributed by atoms with E-state index in [9.17, 15) is 9.90 Å². The Labute approximate surface area is 240 Å². The van der Waals surface area contributed by atoms with E-state index in [-0.39, 0.29) is 24.4 Å². The van der Waals surface area contributed by atoms with Gasteiger partial charge in [0.25, 0.3) is 6.47 Å². The first-order valence-corrected chi connectivity index (χ1v) is 13.7. The van der Waals surface area contributed by atoms with E-state index in [0.29, 0.717) is 6.61 Å². The highest BCUT2D eigenvalue weighted by molar-refractivity contribution is 5.80. The highest BCUT2D eigenvalue weighted by Crippen LogP contribution is 2.35. The third kappa shape index (κ3) is 6.64. The third-order valence-corrected chi connectivity index (χ3v) is 8.02. The summed E-state index contributed by atoms with van der Waals surface area (Å²) in [4.78, 5) is 22.8. The molecule has 1 aliphatic heterocycles. The molecule has 2 heterocycles. The van der Waals surface area contributed by atoms with Crippen molar-refractivity contribution in [2.45, 2.75) is 52.2 Å². The minimum absolute atomic E-state index is 0.0121. The van der Waals surface area contributed by atoms with Gasteiger partial charge in [-0.1, -0.05) is 59.3 Å². The number of hydrogen-bond acceptors (Lipinski definition) is 6. The Balaban J connectivity index is 0.00000124. The van der Waals surface area contributed by atoms with Crippen LogP contribution in [0.5, 0.6) is 0 Å². The number of carbonyl (C=O) groups is 2. The predicted molar refractivity (Wildman–Crippen MR) is 157 cm³/mol. The fraction of sp³-hybridized carbons (Fsp3) is 0.375. The maximum absolute atomic E-state index is 12.0. The van der Waals surface area contributed by atoms with Crippen molar-refractivity contribution >= 4 is 23.5 Å². The Morgan fingerprint density at radius 1 is 1.12 bits per heavy atom. The Hall–Kier alpha value is -4.08. The van der Waals surface area contributed by atoms with Crippen LogP contribution in [0.3, 0.4) is 0 Å². The van der Waals surface area contributed by atoms with E-state index < -0.39 is 5.97 Å². The van der Waals surface area contributed by atoms with Gasteiger partial charge in [0.2, 0.25) is 0 Å². The molecule has 9 heteroatoms. The van der Waals surface area contributed by atoms with Crippen LogP contribution in [0, 0.1) is 20.8 Å². The van der Waals surface area contributed by atoms with E-state index in [1.165, 1.54) is 22.3 Å². The topological polar surface area (TPSA) is 118 Å². The summed E-state index contributed by atoms with van der Waals surface area (Å²) in [6, 6.07) is 19.0. The number of nitrogens with zero attached hydrogens (tertiary/aromatic N) is 4. The molecule has 0 bridgehead atoms. The van der Waals surface area contributed by atoms with E-state index in [2.05, 4.69) is 78.4 Å². The lowest BCUT2D eigenvalue weighted by Gasteiger charge is -2.41. The van der Waals surface area contributed by atoms with Crippen molar-refractivity contribution in [2.75, 3.05) is 19.7 Å². The van der Waals surface area contributed by atoms with Crippen LogP contribution in [0.1, 0.15) is 58.2 Å². The predicted octanol–water partition coefficient (Wildman–Crippen LogP) is 4.95. The largest absolute Gasteiger partial charge is 0.483 e. The number of rotatable bonds is 7. The van der Waals surface area contributed by atoms with Crippen molar-refractivity contribution in [3.05, 3.63) is 93.5 Å². The summed E-state index contributed by atoms with van der Waals surface area (Å²) in [5.74, 6) is -1.10. The number of carboxylic acids is 1.